The number of carbonyl (C=O) groups is 1. The molecule has 0 unspecified atom stereocenters. The highest BCUT2D eigenvalue weighted by molar-refractivity contribution is 6.30. The van der Waals surface area contributed by atoms with Crippen LogP contribution in [0.3, 0.4) is 0 Å². The van der Waals surface area contributed by atoms with Crippen LogP contribution in [0.1, 0.15) is 17.3 Å². The number of nitrogens with zero attached hydrogens (tertiary/aromatic N) is 2. The predicted molar refractivity (Wildman–Crippen MR) is 160 cm³/mol. The summed E-state index contributed by atoms with van der Waals surface area (Å²) in [6, 6.07) is 30.3. The number of benzene rings is 4. The smallest absolute Gasteiger partial charge is 0.341 e. The van der Waals surface area contributed by atoms with Crippen LogP contribution >= 0.6 is 11.6 Å². The largest absolute Gasteiger partial charge is 0.497 e. The number of aromatic nitrogens is 1. The van der Waals surface area contributed by atoms with E-state index in [9.17, 15) is 14.9 Å². The first-order chi connectivity index (χ1) is 19.9. The molecule has 0 saturated heterocycles. The number of rotatable bonds is 8. The van der Waals surface area contributed by atoms with Gasteiger partial charge < -0.3 is 9.47 Å². The molecule has 7 nitrogen and oxygen atoms in total. The number of non-ortho nitro benzene ring substituents is 1. The Balaban J connectivity index is 1.96. The van der Waals surface area contributed by atoms with Gasteiger partial charge in [0.2, 0.25) is 0 Å². The van der Waals surface area contributed by atoms with Crippen molar-refractivity contribution in [2.45, 2.75) is 6.92 Å². The van der Waals surface area contributed by atoms with Crippen LogP contribution in [0.25, 0.3) is 44.8 Å². The molecule has 204 valence electrons. The van der Waals surface area contributed by atoms with Crippen LogP contribution < -0.4 is 4.74 Å². The normalized spacial score (nSPS) is 10.7. The second-order valence-electron chi connectivity index (χ2n) is 9.06. The quantitative estimate of drug-likeness (QED) is 0.107. The minimum atomic E-state index is -0.556. The third kappa shape index (κ3) is 5.66. The summed E-state index contributed by atoms with van der Waals surface area (Å²) in [7, 11) is 1.58. The van der Waals surface area contributed by atoms with E-state index in [-0.39, 0.29) is 17.9 Å². The molecular formula is C33H25ClN2O5. The Morgan fingerprint density at radius 3 is 1.93 bits per heavy atom. The molecule has 0 aliphatic rings. The average molecular weight is 565 g/mol. The summed E-state index contributed by atoms with van der Waals surface area (Å²) in [4.78, 5) is 29.9. The van der Waals surface area contributed by atoms with E-state index >= 15 is 0 Å². The van der Waals surface area contributed by atoms with Gasteiger partial charge in [0.15, 0.2) is 0 Å². The first-order valence-corrected chi connectivity index (χ1v) is 13.2. The first-order valence-electron chi connectivity index (χ1n) is 12.9. The van der Waals surface area contributed by atoms with Crippen molar-refractivity contribution in [3.8, 4) is 50.5 Å². The van der Waals surface area contributed by atoms with Crippen molar-refractivity contribution in [1.29, 1.82) is 0 Å². The molecule has 0 aliphatic carbocycles. The Bertz CT molecular complexity index is 1700. The van der Waals surface area contributed by atoms with Gasteiger partial charge in [-0.15, -0.1) is 0 Å². The van der Waals surface area contributed by atoms with E-state index in [1.807, 2.05) is 54.6 Å². The van der Waals surface area contributed by atoms with Crippen molar-refractivity contribution in [3.63, 3.8) is 0 Å². The van der Waals surface area contributed by atoms with Crippen LogP contribution in [0.5, 0.6) is 5.75 Å². The van der Waals surface area contributed by atoms with Crippen molar-refractivity contribution in [2.24, 2.45) is 0 Å². The number of hydrogen-bond acceptors (Lipinski definition) is 6. The van der Waals surface area contributed by atoms with Gasteiger partial charge in [0.05, 0.1) is 35.6 Å². The number of hydrogen-bond donors (Lipinski definition) is 0. The predicted octanol–water partition coefficient (Wildman–Crippen LogP) is 8.50. The van der Waals surface area contributed by atoms with E-state index in [1.54, 1.807) is 50.4 Å². The molecule has 1 heterocycles. The minimum Gasteiger partial charge on any atom is -0.497 e. The van der Waals surface area contributed by atoms with Crippen LogP contribution in [-0.2, 0) is 4.74 Å². The molecule has 0 fully saturated rings. The third-order valence-corrected chi connectivity index (χ3v) is 6.84. The molecule has 0 aliphatic heterocycles. The number of pyridine rings is 1. The van der Waals surface area contributed by atoms with Crippen LogP contribution in [-0.4, -0.2) is 29.6 Å². The molecule has 4 aromatic carbocycles. The number of methoxy groups -OCH3 is 1. The van der Waals surface area contributed by atoms with Gasteiger partial charge >= 0.3 is 5.97 Å². The second kappa shape index (κ2) is 12.0. The molecule has 0 saturated carbocycles. The highest BCUT2D eigenvalue weighted by atomic mass is 35.5. The first kappa shape index (κ1) is 27.6. The van der Waals surface area contributed by atoms with Crippen LogP contribution in [0, 0.1) is 10.1 Å². The summed E-state index contributed by atoms with van der Waals surface area (Å²) in [5.74, 6) is 0.0971. The van der Waals surface area contributed by atoms with E-state index in [0.717, 1.165) is 11.1 Å². The Morgan fingerprint density at radius 2 is 1.34 bits per heavy atom. The molecule has 8 heteroatoms. The number of carbonyl (C=O) groups excluding carboxylic acids is 1. The third-order valence-electron chi connectivity index (χ3n) is 6.59. The molecule has 41 heavy (non-hydrogen) atoms. The second-order valence-corrected chi connectivity index (χ2v) is 9.50. The fraction of sp³-hybridized carbons (Fsp3) is 0.0909. The van der Waals surface area contributed by atoms with Gasteiger partial charge in [0.1, 0.15) is 5.75 Å². The fourth-order valence-electron chi connectivity index (χ4n) is 4.69. The van der Waals surface area contributed by atoms with Gasteiger partial charge in [-0.05, 0) is 66.6 Å². The Morgan fingerprint density at radius 1 is 0.780 bits per heavy atom. The highest BCUT2D eigenvalue weighted by Crippen LogP contribution is 2.45. The van der Waals surface area contributed by atoms with E-state index < -0.39 is 10.9 Å². The Labute approximate surface area is 242 Å². The lowest BCUT2D eigenvalue weighted by molar-refractivity contribution is -0.384. The lowest BCUT2D eigenvalue weighted by Gasteiger charge is -2.22. The number of ether oxygens (including phenoxy) is 2. The maximum atomic E-state index is 13.8. The molecule has 0 radical (unpaired) electrons. The Hall–Kier alpha value is -5.01. The summed E-state index contributed by atoms with van der Waals surface area (Å²) in [6.45, 7) is 1.89. The molecule has 1 aromatic heterocycles. The Kier molecular flexibility index (Phi) is 8.08. The zero-order valence-corrected chi connectivity index (χ0v) is 23.1. The zero-order valence-electron chi connectivity index (χ0n) is 22.3. The van der Waals surface area contributed by atoms with Crippen molar-refractivity contribution >= 4 is 23.3 Å². The molecule has 0 N–H and O–H groups in total. The molecule has 0 bridgehead atoms. The molecule has 0 atom stereocenters. The highest BCUT2D eigenvalue weighted by Gasteiger charge is 2.29. The number of nitro benzene ring substituents is 1. The summed E-state index contributed by atoms with van der Waals surface area (Å²) < 4.78 is 10.9. The SMILES string of the molecule is CCOC(=O)c1c(-c2ccc(OC)cc2)nc(-c2ccc(Cl)cc2)c(-c2ccccc2)c1-c1ccc([N+](=O)[O-])cc1. The lowest BCUT2D eigenvalue weighted by atomic mass is 9.85. The summed E-state index contributed by atoms with van der Waals surface area (Å²) in [5, 5.41) is 12.0. The van der Waals surface area contributed by atoms with E-state index in [1.165, 1.54) is 12.1 Å². The topological polar surface area (TPSA) is 91.6 Å². The van der Waals surface area contributed by atoms with Crippen molar-refractivity contribution in [3.05, 3.63) is 124 Å². The summed E-state index contributed by atoms with van der Waals surface area (Å²) in [6.07, 6.45) is 0. The van der Waals surface area contributed by atoms with Crippen LogP contribution in [0.2, 0.25) is 5.02 Å². The average Bonchev–Trinajstić information content (AvgIpc) is 3.01. The molecule has 5 rings (SSSR count). The fourth-order valence-corrected chi connectivity index (χ4v) is 4.81. The van der Waals surface area contributed by atoms with Crippen molar-refractivity contribution < 1.29 is 19.2 Å². The molecular weight excluding hydrogens is 540 g/mol. The van der Waals surface area contributed by atoms with E-state index in [4.69, 9.17) is 26.1 Å². The zero-order chi connectivity index (χ0) is 28.9. The molecule has 5 aromatic rings. The van der Waals surface area contributed by atoms with Gasteiger partial charge in [-0.3, -0.25) is 10.1 Å². The standard InChI is InChI=1S/C33H25ClN2O5/c1-3-41-33(37)30-28(22-11-17-26(18-12-22)36(38)39)29(21-7-5-4-6-8-21)31(23-9-15-25(34)16-10-23)35-32(30)24-13-19-27(40-2)20-14-24/h4-20H,3H2,1-2H3. The van der Waals surface area contributed by atoms with Gasteiger partial charge in [-0.2, -0.15) is 0 Å². The number of halogens is 1. The maximum absolute atomic E-state index is 13.8. The van der Waals surface area contributed by atoms with Crippen LogP contribution in [0.15, 0.2) is 103 Å². The molecule has 0 spiro atoms. The van der Waals surface area contributed by atoms with Gasteiger partial charge in [0.25, 0.3) is 5.69 Å². The van der Waals surface area contributed by atoms with Crippen molar-refractivity contribution in [2.75, 3.05) is 13.7 Å². The van der Waals surface area contributed by atoms with Gasteiger partial charge in [-0.1, -0.05) is 54.1 Å². The van der Waals surface area contributed by atoms with E-state index in [0.29, 0.717) is 44.4 Å². The van der Waals surface area contributed by atoms with E-state index in [2.05, 4.69) is 0 Å². The van der Waals surface area contributed by atoms with Gasteiger partial charge in [0, 0.05) is 39.4 Å². The van der Waals surface area contributed by atoms with Crippen molar-refractivity contribution in [1.82, 2.24) is 4.98 Å². The minimum absolute atomic E-state index is 0.0601. The monoisotopic (exact) mass is 564 g/mol. The number of esters is 1. The van der Waals surface area contributed by atoms with Crippen LogP contribution in [0.4, 0.5) is 5.69 Å². The van der Waals surface area contributed by atoms with Gasteiger partial charge in [-0.25, -0.2) is 9.78 Å². The lowest BCUT2D eigenvalue weighted by Crippen LogP contribution is -2.12. The molecule has 0 amide bonds. The summed E-state index contributed by atoms with van der Waals surface area (Å²) >= 11 is 6.23. The summed E-state index contributed by atoms with van der Waals surface area (Å²) in [5.41, 5.74) is 5.31. The number of nitro groups is 1. The maximum Gasteiger partial charge on any atom is 0.341 e.